The Balaban J connectivity index is 1.81. The normalized spacial score (nSPS) is 11.4. The van der Waals surface area contributed by atoms with E-state index in [-0.39, 0.29) is 23.6 Å². The summed E-state index contributed by atoms with van der Waals surface area (Å²) < 4.78 is 11.4. The van der Waals surface area contributed by atoms with Crippen molar-refractivity contribution in [3.63, 3.8) is 0 Å². The highest BCUT2D eigenvalue weighted by atomic mass is 35.5. The van der Waals surface area contributed by atoms with Gasteiger partial charge in [0.1, 0.15) is 6.04 Å². The molecule has 0 saturated heterocycles. The highest BCUT2D eigenvalue weighted by Crippen LogP contribution is 2.33. The van der Waals surface area contributed by atoms with Crippen LogP contribution in [0.4, 0.5) is 5.69 Å². The summed E-state index contributed by atoms with van der Waals surface area (Å²) in [5, 5.41) is 4.83. The molecule has 4 rings (SSSR count). The molecule has 0 radical (unpaired) electrons. The van der Waals surface area contributed by atoms with E-state index < -0.39 is 23.5 Å². The first-order chi connectivity index (χ1) is 19.6. The van der Waals surface area contributed by atoms with Gasteiger partial charge in [-0.2, -0.15) is 0 Å². The van der Waals surface area contributed by atoms with Crippen molar-refractivity contribution in [1.82, 2.24) is 9.78 Å². The van der Waals surface area contributed by atoms with Crippen LogP contribution in [-0.2, 0) is 16.0 Å². The van der Waals surface area contributed by atoms with Gasteiger partial charge in [-0.15, -0.1) is 5.10 Å². The first-order valence-corrected chi connectivity index (χ1v) is 13.0. The number of halogens is 1. The standard InChI is InChI=1S/C31H28ClN3O6/c1-19(36)24-15-12-22(32)17-25(24)26-18-28(37)35(33-29(26)40-3)27(16-20-8-6-5-7-9-20)30(38)34(2)23-13-10-21(11-14-23)31(39)41-4/h5-15,17-18,27H,16H2,1-4H3/t27-/m0/s1. The minimum Gasteiger partial charge on any atom is -0.480 e. The smallest absolute Gasteiger partial charge is 0.337 e. The Morgan fingerprint density at radius 2 is 1.63 bits per heavy atom. The molecule has 0 spiro atoms. The summed E-state index contributed by atoms with van der Waals surface area (Å²) in [4.78, 5) is 53.1. The number of aromatic nitrogens is 2. The predicted molar refractivity (Wildman–Crippen MR) is 156 cm³/mol. The van der Waals surface area contributed by atoms with Crippen LogP contribution in [0.5, 0.6) is 5.88 Å². The molecule has 1 atom stereocenters. The first-order valence-electron chi connectivity index (χ1n) is 12.6. The number of ether oxygens (including phenoxy) is 2. The quantitative estimate of drug-likeness (QED) is 0.205. The Bertz CT molecular complexity index is 1650. The predicted octanol–water partition coefficient (Wildman–Crippen LogP) is 5.01. The van der Waals surface area contributed by atoms with Gasteiger partial charge in [0.05, 0.1) is 25.3 Å². The Labute approximate surface area is 241 Å². The number of nitrogens with zero attached hydrogens (tertiary/aromatic N) is 3. The van der Waals surface area contributed by atoms with E-state index in [9.17, 15) is 19.2 Å². The van der Waals surface area contributed by atoms with Crippen molar-refractivity contribution in [2.24, 2.45) is 0 Å². The number of ketones is 1. The lowest BCUT2D eigenvalue weighted by atomic mass is 9.98. The summed E-state index contributed by atoms with van der Waals surface area (Å²) in [7, 11) is 4.26. The van der Waals surface area contributed by atoms with E-state index in [1.807, 2.05) is 30.3 Å². The number of benzene rings is 3. The maximum absolute atomic E-state index is 13.9. The average Bonchev–Trinajstić information content (AvgIpc) is 2.99. The van der Waals surface area contributed by atoms with Gasteiger partial charge in [0.15, 0.2) is 5.78 Å². The van der Waals surface area contributed by atoms with Gasteiger partial charge in [0, 0.05) is 35.8 Å². The number of carbonyl (C=O) groups is 3. The lowest BCUT2D eigenvalue weighted by Crippen LogP contribution is -2.40. The summed E-state index contributed by atoms with van der Waals surface area (Å²) in [6.45, 7) is 1.41. The molecule has 0 saturated carbocycles. The molecular formula is C31H28ClN3O6. The molecule has 0 aliphatic carbocycles. The van der Waals surface area contributed by atoms with E-state index in [0.29, 0.717) is 27.4 Å². The van der Waals surface area contributed by atoms with E-state index in [4.69, 9.17) is 21.1 Å². The van der Waals surface area contributed by atoms with Gasteiger partial charge >= 0.3 is 5.97 Å². The van der Waals surface area contributed by atoms with E-state index in [1.165, 1.54) is 32.1 Å². The summed E-state index contributed by atoms with van der Waals surface area (Å²) in [5.74, 6) is -1.09. The van der Waals surface area contributed by atoms with Crippen molar-refractivity contribution in [2.75, 3.05) is 26.2 Å². The fourth-order valence-electron chi connectivity index (χ4n) is 4.47. The van der Waals surface area contributed by atoms with E-state index in [2.05, 4.69) is 5.10 Å². The number of Topliss-reactive ketones (excluding diaryl/α,β-unsaturated/α-hetero) is 1. The molecule has 0 unspecified atom stereocenters. The van der Waals surface area contributed by atoms with Gasteiger partial charge < -0.3 is 14.4 Å². The van der Waals surface area contributed by atoms with Crippen LogP contribution in [0.3, 0.4) is 0 Å². The van der Waals surface area contributed by atoms with Gasteiger partial charge in [0.2, 0.25) is 5.88 Å². The molecule has 0 bridgehead atoms. The molecule has 210 valence electrons. The van der Waals surface area contributed by atoms with E-state index >= 15 is 0 Å². The number of esters is 1. The maximum atomic E-state index is 13.9. The summed E-state index contributed by atoms with van der Waals surface area (Å²) >= 11 is 6.22. The van der Waals surface area contributed by atoms with Gasteiger partial charge in [-0.25, -0.2) is 9.48 Å². The Hall–Kier alpha value is -4.76. The minimum atomic E-state index is -1.05. The summed E-state index contributed by atoms with van der Waals surface area (Å²) in [6, 6.07) is 20.6. The number of amides is 1. The average molecular weight is 574 g/mol. The second-order valence-corrected chi connectivity index (χ2v) is 9.67. The molecule has 1 amide bonds. The van der Waals surface area contributed by atoms with Crippen LogP contribution in [0, 0.1) is 0 Å². The van der Waals surface area contributed by atoms with Crippen LogP contribution in [-0.4, -0.2) is 48.7 Å². The Morgan fingerprint density at radius 3 is 2.24 bits per heavy atom. The van der Waals surface area contributed by atoms with Crippen molar-refractivity contribution >= 4 is 34.9 Å². The number of likely N-dealkylation sites (N-methyl/N-ethyl adjacent to an activating group) is 1. The lowest BCUT2D eigenvalue weighted by molar-refractivity contribution is -0.121. The molecule has 4 aromatic rings. The topological polar surface area (TPSA) is 108 Å². The van der Waals surface area contributed by atoms with Crippen molar-refractivity contribution < 1.29 is 23.9 Å². The fourth-order valence-corrected chi connectivity index (χ4v) is 4.64. The van der Waals surface area contributed by atoms with Crippen molar-refractivity contribution in [3.05, 3.63) is 111 Å². The third-order valence-electron chi connectivity index (χ3n) is 6.63. The number of methoxy groups -OCH3 is 2. The minimum absolute atomic E-state index is 0.0466. The van der Waals surface area contributed by atoms with Gasteiger partial charge in [-0.1, -0.05) is 41.9 Å². The van der Waals surface area contributed by atoms with Crippen LogP contribution < -0.4 is 15.2 Å². The molecule has 10 heteroatoms. The number of carbonyl (C=O) groups excluding carboxylic acids is 3. The van der Waals surface area contributed by atoms with Gasteiger partial charge in [0.25, 0.3) is 11.5 Å². The third-order valence-corrected chi connectivity index (χ3v) is 6.86. The van der Waals surface area contributed by atoms with Gasteiger partial charge in [-0.05, 0) is 60.5 Å². The molecule has 1 heterocycles. The fraction of sp³-hybridized carbons (Fsp3) is 0.194. The number of rotatable bonds is 9. The monoisotopic (exact) mass is 573 g/mol. The van der Waals surface area contributed by atoms with Crippen LogP contribution in [0.2, 0.25) is 5.02 Å². The Morgan fingerprint density at radius 1 is 0.951 bits per heavy atom. The molecule has 0 aliphatic heterocycles. The zero-order chi connectivity index (χ0) is 29.7. The van der Waals surface area contributed by atoms with E-state index in [1.54, 1.807) is 49.5 Å². The lowest BCUT2D eigenvalue weighted by Gasteiger charge is -2.25. The molecule has 0 N–H and O–H groups in total. The van der Waals surface area contributed by atoms with Crippen LogP contribution in [0.15, 0.2) is 83.7 Å². The molecular weight excluding hydrogens is 546 g/mol. The zero-order valence-corrected chi connectivity index (χ0v) is 23.7. The molecule has 1 aromatic heterocycles. The van der Waals surface area contributed by atoms with Crippen molar-refractivity contribution in [3.8, 4) is 17.0 Å². The zero-order valence-electron chi connectivity index (χ0n) is 23.0. The molecule has 41 heavy (non-hydrogen) atoms. The second kappa shape index (κ2) is 12.6. The molecule has 0 fully saturated rings. The first kappa shape index (κ1) is 29.2. The number of hydrogen-bond acceptors (Lipinski definition) is 7. The number of anilines is 1. The van der Waals surface area contributed by atoms with Crippen LogP contribution in [0.25, 0.3) is 11.1 Å². The highest BCUT2D eigenvalue weighted by molar-refractivity contribution is 6.31. The molecule has 3 aromatic carbocycles. The maximum Gasteiger partial charge on any atom is 0.337 e. The molecule has 0 aliphatic rings. The van der Waals surface area contributed by atoms with Gasteiger partial charge in [-0.3, -0.25) is 14.4 Å². The summed E-state index contributed by atoms with van der Waals surface area (Å²) in [5.41, 5.74) is 2.10. The van der Waals surface area contributed by atoms with Crippen LogP contribution in [0.1, 0.15) is 39.2 Å². The number of hydrogen-bond donors (Lipinski definition) is 0. The SMILES string of the molecule is COC(=O)c1ccc(N(C)C(=O)[C@H](Cc2ccccc2)n2nc(OC)c(-c3cc(Cl)ccc3C(C)=O)cc2=O)cc1. The van der Waals surface area contributed by atoms with Crippen LogP contribution >= 0.6 is 11.6 Å². The largest absolute Gasteiger partial charge is 0.480 e. The third kappa shape index (κ3) is 6.36. The van der Waals surface area contributed by atoms with Crippen molar-refractivity contribution in [1.29, 1.82) is 0 Å². The summed E-state index contributed by atoms with van der Waals surface area (Å²) in [6.07, 6.45) is 0.162. The van der Waals surface area contributed by atoms with E-state index in [0.717, 1.165) is 10.2 Å². The highest BCUT2D eigenvalue weighted by Gasteiger charge is 2.29. The second-order valence-electron chi connectivity index (χ2n) is 9.24. The van der Waals surface area contributed by atoms with Crippen molar-refractivity contribution in [2.45, 2.75) is 19.4 Å². The Kier molecular flexibility index (Phi) is 8.99. The molecule has 9 nitrogen and oxygen atoms in total.